The number of rotatable bonds is 6. The number of thiocarbonyl (C=S) groups is 1. The molecule has 0 radical (unpaired) electrons. The van der Waals surface area contributed by atoms with Crippen LogP contribution in [0.25, 0.3) is 0 Å². The first-order chi connectivity index (χ1) is 20.3. The van der Waals surface area contributed by atoms with Gasteiger partial charge in [-0.25, -0.2) is 0 Å². The Hall–Kier alpha value is -4.26. The number of nitro benzene ring substituents is 1. The highest BCUT2D eigenvalue weighted by Crippen LogP contribution is 2.31. The SMILES string of the molecule is O=C(NC(=S)Nc1ccc(N2CCN(C(=O)c3ccccc3)CC2)c(Cl)c1)c1ccc(N2CCOCC2)c([N+](=O)[O-])c1. The number of carbonyl (C=O) groups is 2. The van der Waals surface area contributed by atoms with E-state index >= 15 is 0 Å². The lowest BCUT2D eigenvalue weighted by molar-refractivity contribution is -0.384. The maximum atomic E-state index is 12.8. The lowest BCUT2D eigenvalue weighted by atomic mass is 10.1. The minimum absolute atomic E-state index is 0.0131. The molecule has 3 aromatic carbocycles. The van der Waals surface area contributed by atoms with Gasteiger partial charge in [-0.1, -0.05) is 29.8 Å². The van der Waals surface area contributed by atoms with Crippen molar-refractivity contribution in [1.82, 2.24) is 10.2 Å². The van der Waals surface area contributed by atoms with Gasteiger partial charge in [0.2, 0.25) is 0 Å². The van der Waals surface area contributed by atoms with Gasteiger partial charge in [-0.15, -0.1) is 0 Å². The monoisotopic (exact) mass is 608 g/mol. The largest absolute Gasteiger partial charge is 0.378 e. The van der Waals surface area contributed by atoms with Crippen molar-refractivity contribution in [2.75, 3.05) is 67.6 Å². The van der Waals surface area contributed by atoms with Crippen LogP contribution in [0.15, 0.2) is 66.7 Å². The predicted molar refractivity (Wildman–Crippen MR) is 166 cm³/mol. The number of nitro groups is 1. The molecule has 2 amide bonds. The number of halogens is 1. The summed E-state index contributed by atoms with van der Waals surface area (Å²) >= 11 is 11.9. The smallest absolute Gasteiger partial charge is 0.293 e. The highest BCUT2D eigenvalue weighted by molar-refractivity contribution is 7.80. The van der Waals surface area contributed by atoms with Crippen LogP contribution in [-0.4, -0.2) is 79.2 Å². The summed E-state index contributed by atoms with van der Waals surface area (Å²) in [5.74, 6) is -0.561. The van der Waals surface area contributed by atoms with Gasteiger partial charge in [-0.3, -0.25) is 25.0 Å². The van der Waals surface area contributed by atoms with E-state index in [1.165, 1.54) is 12.1 Å². The first-order valence-corrected chi connectivity index (χ1v) is 14.2. The minimum atomic E-state index is -0.574. The maximum Gasteiger partial charge on any atom is 0.293 e. The average molecular weight is 609 g/mol. The van der Waals surface area contributed by atoms with Crippen molar-refractivity contribution in [2.24, 2.45) is 0 Å². The molecule has 2 heterocycles. The Morgan fingerprint density at radius 3 is 2.19 bits per heavy atom. The summed E-state index contributed by atoms with van der Waals surface area (Å²) in [4.78, 5) is 42.6. The molecule has 5 rings (SSSR count). The van der Waals surface area contributed by atoms with Gasteiger partial charge in [0.1, 0.15) is 5.69 Å². The van der Waals surface area contributed by atoms with Gasteiger partial charge in [0.05, 0.1) is 28.8 Å². The van der Waals surface area contributed by atoms with Gasteiger partial charge in [-0.2, -0.15) is 0 Å². The number of hydrogen-bond donors (Lipinski definition) is 2. The summed E-state index contributed by atoms with van der Waals surface area (Å²) in [6.07, 6.45) is 0. The van der Waals surface area contributed by atoms with Crippen molar-refractivity contribution in [3.05, 3.63) is 93.0 Å². The van der Waals surface area contributed by atoms with Crippen molar-refractivity contribution in [1.29, 1.82) is 0 Å². The molecule has 0 aliphatic carbocycles. The first kappa shape index (κ1) is 29.2. The Morgan fingerprint density at radius 2 is 1.52 bits per heavy atom. The molecule has 0 spiro atoms. The summed E-state index contributed by atoms with van der Waals surface area (Å²) in [5, 5.41) is 17.8. The van der Waals surface area contributed by atoms with Crippen LogP contribution in [0, 0.1) is 10.1 Å². The number of morpholine rings is 1. The van der Waals surface area contributed by atoms with E-state index in [9.17, 15) is 19.7 Å². The van der Waals surface area contributed by atoms with Crippen LogP contribution in [0.1, 0.15) is 20.7 Å². The molecule has 42 heavy (non-hydrogen) atoms. The fourth-order valence-corrected chi connectivity index (χ4v) is 5.49. The van der Waals surface area contributed by atoms with Crippen molar-refractivity contribution in [3.63, 3.8) is 0 Å². The Morgan fingerprint density at radius 1 is 0.857 bits per heavy atom. The zero-order valence-electron chi connectivity index (χ0n) is 22.6. The third-order valence-corrected chi connectivity index (χ3v) is 7.65. The van der Waals surface area contributed by atoms with Crippen molar-refractivity contribution in [2.45, 2.75) is 0 Å². The molecule has 0 unspecified atom stereocenters. The Labute approximate surface area is 253 Å². The van der Waals surface area contributed by atoms with Gasteiger partial charge < -0.3 is 24.8 Å². The Kier molecular flexibility index (Phi) is 9.15. The molecule has 2 saturated heterocycles. The second-order valence-corrected chi connectivity index (χ2v) is 10.6. The van der Waals surface area contributed by atoms with Crippen molar-refractivity contribution >= 4 is 63.5 Å². The van der Waals surface area contributed by atoms with Crippen LogP contribution in [0.4, 0.5) is 22.7 Å². The number of ether oxygens (including phenoxy) is 1. The van der Waals surface area contributed by atoms with E-state index in [0.29, 0.717) is 74.4 Å². The van der Waals surface area contributed by atoms with Gasteiger partial charge in [0, 0.05) is 62.1 Å². The van der Waals surface area contributed by atoms with E-state index in [1.807, 2.05) is 46.2 Å². The molecule has 2 N–H and O–H groups in total. The normalized spacial score (nSPS) is 15.2. The first-order valence-electron chi connectivity index (χ1n) is 13.4. The Bertz CT molecular complexity index is 1490. The zero-order valence-corrected chi connectivity index (χ0v) is 24.2. The number of amides is 2. The molecule has 218 valence electrons. The summed E-state index contributed by atoms with van der Waals surface area (Å²) in [7, 11) is 0. The molecule has 2 fully saturated rings. The molecule has 0 saturated carbocycles. The number of carbonyl (C=O) groups excluding carboxylic acids is 2. The Balaban J connectivity index is 1.17. The van der Waals surface area contributed by atoms with Crippen LogP contribution < -0.4 is 20.4 Å². The molecule has 3 aromatic rings. The molecule has 13 heteroatoms. The second kappa shape index (κ2) is 13.1. The van der Waals surface area contributed by atoms with Gasteiger partial charge in [0.25, 0.3) is 17.5 Å². The summed E-state index contributed by atoms with van der Waals surface area (Å²) in [5.41, 5.74) is 2.47. The van der Waals surface area contributed by atoms with Gasteiger partial charge >= 0.3 is 0 Å². The predicted octanol–water partition coefficient (Wildman–Crippen LogP) is 4.17. The molecular formula is C29H29ClN6O5S. The van der Waals surface area contributed by atoms with Crippen LogP contribution in [-0.2, 0) is 4.74 Å². The van der Waals surface area contributed by atoms with Crippen LogP contribution in [0.2, 0.25) is 5.02 Å². The summed E-state index contributed by atoms with van der Waals surface area (Å²) in [6.45, 7) is 4.45. The molecule has 0 aromatic heterocycles. The van der Waals surface area contributed by atoms with Gasteiger partial charge in [0.15, 0.2) is 5.11 Å². The molecule has 11 nitrogen and oxygen atoms in total. The molecule has 2 aliphatic heterocycles. The molecule has 0 atom stereocenters. The van der Waals surface area contributed by atoms with E-state index in [-0.39, 0.29) is 22.3 Å². The summed E-state index contributed by atoms with van der Waals surface area (Å²) in [6, 6.07) is 18.9. The van der Waals surface area contributed by atoms with Crippen LogP contribution in [0.5, 0.6) is 0 Å². The van der Waals surface area contributed by atoms with E-state index in [0.717, 1.165) is 5.69 Å². The number of anilines is 3. The highest BCUT2D eigenvalue weighted by Gasteiger charge is 2.25. The fourth-order valence-electron chi connectivity index (χ4n) is 4.98. The molecule has 0 bridgehead atoms. The third-order valence-electron chi connectivity index (χ3n) is 7.15. The van der Waals surface area contributed by atoms with E-state index < -0.39 is 10.8 Å². The van der Waals surface area contributed by atoms with Gasteiger partial charge in [-0.05, 0) is 54.7 Å². The number of nitrogens with zero attached hydrogens (tertiary/aromatic N) is 4. The third kappa shape index (κ3) is 6.78. The lowest BCUT2D eigenvalue weighted by Crippen LogP contribution is -2.48. The van der Waals surface area contributed by atoms with Crippen molar-refractivity contribution in [3.8, 4) is 0 Å². The standard InChI is InChI=1S/C29H29ClN6O5S/c30-23-19-22(7-9-24(23)33-10-12-35(13-11-33)28(38)20-4-2-1-3-5-20)31-29(42)32-27(37)21-6-8-25(26(18-21)36(39)40)34-14-16-41-17-15-34/h1-9,18-19H,10-17H2,(H2,31,32,37,42). The minimum Gasteiger partial charge on any atom is -0.378 e. The topological polar surface area (TPSA) is 120 Å². The highest BCUT2D eigenvalue weighted by atomic mass is 35.5. The average Bonchev–Trinajstić information content (AvgIpc) is 3.01. The number of hydrogen-bond acceptors (Lipinski definition) is 8. The number of nitrogens with one attached hydrogen (secondary N) is 2. The van der Waals surface area contributed by atoms with Crippen LogP contribution >= 0.6 is 23.8 Å². The van der Waals surface area contributed by atoms with Crippen molar-refractivity contribution < 1.29 is 19.2 Å². The maximum absolute atomic E-state index is 12.8. The van der Waals surface area contributed by atoms with E-state index in [4.69, 9.17) is 28.6 Å². The zero-order chi connectivity index (χ0) is 29.6. The number of piperazine rings is 1. The summed E-state index contributed by atoms with van der Waals surface area (Å²) < 4.78 is 5.33. The number of benzene rings is 3. The quantitative estimate of drug-likeness (QED) is 0.241. The van der Waals surface area contributed by atoms with E-state index in [2.05, 4.69) is 15.5 Å². The van der Waals surface area contributed by atoms with Crippen LogP contribution in [0.3, 0.4) is 0 Å². The fraction of sp³-hybridized carbons (Fsp3) is 0.276. The lowest BCUT2D eigenvalue weighted by Gasteiger charge is -2.36. The second-order valence-electron chi connectivity index (χ2n) is 9.78. The molecule has 2 aliphatic rings. The molecular weight excluding hydrogens is 580 g/mol. The van der Waals surface area contributed by atoms with E-state index in [1.54, 1.807) is 18.2 Å².